The lowest BCUT2D eigenvalue weighted by molar-refractivity contribution is -0.112. The highest BCUT2D eigenvalue weighted by Gasteiger charge is 2.24. The zero-order valence-corrected chi connectivity index (χ0v) is 8.35. The van der Waals surface area contributed by atoms with Gasteiger partial charge in [0, 0.05) is 11.5 Å². The Morgan fingerprint density at radius 2 is 1.83 bits per heavy atom. The van der Waals surface area contributed by atoms with E-state index in [-0.39, 0.29) is 17.0 Å². The Kier molecular flexibility index (Phi) is 4.01. The van der Waals surface area contributed by atoms with Crippen LogP contribution in [0.15, 0.2) is 11.8 Å². The summed E-state index contributed by atoms with van der Waals surface area (Å²) in [6.07, 6.45) is 3.01. The molecule has 0 rings (SSSR count). The lowest BCUT2D eigenvalue weighted by atomic mass is 9.82. The minimum absolute atomic E-state index is 0.0966. The standard InChI is InChI=1S/C10H18O2/c1-5-10(4,6-2)9(12)7-8(3)11/h7,12H,5-6H2,1-4H3/b9-7-. The van der Waals surface area contributed by atoms with Gasteiger partial charge in [-0.05, 0) is 19.8 Å². The van der Waals surface area contributed by atoms with E-state index in [2.05, 4.69) is 0 Å². The first-order valence-corrected chi connectivity index (χ1v) is 4.38. The first-order valence-electron chi connectivity index (χ1n) is 4.38. The number of allylic oxidation sites excluding steroid dienone is 2. The Bertz CT molecular complexity index is 188. The molecule has 0 aromatic rings. The SMILES string of the molecule is CCC(C)(CC)/C(O)=C/C(C)=O. The fourth-order valence-electron chi connectivity index (χ4n) is 0.979. The van der Waals surface area contributed by atoms with Crippen LogP contribution in [0.1, 0.15) is 40.5 Å². The van der Waals surface area contributed by atoms with Crippen LogP contribution in [0.4, 0.5) is 0 Å². The smallest absolute Gasteiger partial charge is 0.155 e. The van der Waals surface area contributed by atoms with E-state index in [1.54, 1.807) is 0 Å². The highest BCUT2D eigenvalue weighted by Crippen LogP contribution is 2.32. The Morgan fingerprint density at radius 3 is 2.08 bits per heavy atom. The van der Waals surface area contributed by atoms with Crippen molar-refractivity contribution in [3.63, 3.8) is 0 Å². The molecule has 0 amide bonds. The van der Waals surface area contributed by atoms with Gasteiger partial charge in [-0.3, -0.25) is 4.79 Å². The molecule has 70 valence electrons. The summed E-state index contributed by atoms with van der Waals surface area (Å²) >= 11 is 0. The minimum Gasteiger partial charge on any atom is -0.512 e. The minimum atomic E-state index is -0.230. The lowest BCUT2D eigenvalue weighted by Gasteiger charge is -2.25. The summed E-state index contributed by atoms with van der Waals surface area (Å²) in [5.74, 6) is 0.112. The molecule has 0 spiro atoms. The van der Waals surface area contributed by atoms with Crippen LogP contribution < -0.4 is 0 Å². The maximum atomic E-state index is 10.7. The molecule has 0 bridgehead atoms. The van der Waals surface area contributed by atoms with Crippen LogP contribution in [0.5, 0.6) is 0 Å². The van der Waals surface area contributed by atoms with Crippen LogP contribution in [-0.4, -0.2) is 10.9 Å². The van der Waals surface area contributed by atoms with Gasteiger partial charge in [-0.25, -0.2) is 0 Å². The van der Waals surface area contributed by atoms with E-state index in [9.17, 15) is 9.90 Å². The average Bonchev–Trinajstić information content (AvgIpc) is 2.02. The summed E-state index contributed by atoms with van der Waals surface area (Å²) in [7, 11) is 0. The van der Waals surface area contributed by atoms with E-state index in [4.69, 9.17) is 0 Å². The van der Waals surface area contributed by atoms with Crippen molar-refractivity contribution < 1.29 is 9.90 Å². The fraction of sp³-hybridized carbons (Fsp3) is 0.700. The number of carbonyl (C=O) groups excluding carboxylic acids is 1. The predicted molar refractivity (Wildman–Crippen MR) is 50.1 cm³/mol. The van der Waals surface area contributed by atoms with Gasteiger partial charge in [-0.15, -0.1) is 0 Å². The molecule has 0 fully saturated rings. The number of rotatable bonds is 4. The van der Waals surface area contributed by atoms with Gasteiger partial charge >= 0.3 is 0 Å². The van der Waals surface area contributed by atoms with E-state index in [0.29, 0.717) is 0 Å². The summed E-state index contributed by atoms with van der Waals surface area (Å²) in [6.45, 7) is 7.42. The molecule has 2 heteroatoms. The van der Waals surface area contributed by atoms with Crippen LogP contribution in [0.3, 0.4) is 0 Å². The van der Waals surface area contributed by atoms with Gasteiger partial charge in [0.25, 0.3) is 0 Å². The Hall–Kier alpha value is -0.790. The number of hydrogen-bond acceptors (Lipinski definition) is 2. The summed E-state index contributed by atoms with van der Waals surface area (Å²) in [5, 5.41) is 9.58. The third-order valence-electron chi connectivity index (χ3n) is 2.52. The molecule has 1 N–H and O–H groups in total. The molecule has 0 aromatic heterocycles. The molecule has 2 nitrogen and oxygen atoms in total. The van der Waals surface area contributed by atoms with E-state index in [0.717, 1.165) is 12.8 Å². The maximum Gasteiger partial charge on any atom is 0.155 e. The monoisotopic (exact) mass is 170 g/mol. The molecule has 0 aliphatic heterocycles. The highest BCUT2D eigenvalue weighted by molar-refractivity contribution is 5.87. The van der Waals surface area contributed by atoms with Gasteiger partial charge in [-0.2, -0.15) is 0 Å². The van der Waals surface area contributed by atoms with Crippen LogP contribution in [0.2, 0.25) is 0 Å². The van der Waals surface area contributed by atoms with Crippen molar-refractivity contribution in [2.45, 2.75) is 40.5 Å². The predicted octanol–water partition coefficient (Wildman–Crippen LogP) is 2.84. The molecular weight excluding hydrogens is 152 g/mol. The van der Waals surface area contributed by atoms with Crippen molar-refractivity contribution in [3.8, 4) is 0 Å². The van der Waals surface area contributed by atoms with Gasteiger partial charge in [-0.1, -0.05) is 20.8 Å². The molecule has 0 aromatic carbocycles. The van der Waals surface area contributed by atoms with Gasteiger partial charge in [0.1, 0.15) is 5.76 Å². The average molecular weight is 170 g/mol. The molecule has 0 aliphatic carbocycles. The Balaban J connectivity index is 4.63. The van der Waals surface area contributed by atoms with Crippen molar-refractivity contribution in [3.05, 3.63) is 11.8 Å². The van der Waals surface area contributed by atoms with Crippen LogP contribution >= 0.6 is 0 Å². The van der Waals surface area contributed by atoms with E-state index >= 15 is 0 Å². The third kappa shape index (κ3) is 2.68. The van der Waals surface area contributed by atoms with Crippen molar-refractivity contribution in [2.24, 2.45) is 5.41 Å². The Labute approximate surface area is 74.3 Å². The summed E-state index contributed by atoms with van der Waals surface area (Å²) in [4.78, 5) is 10.7. The number of hydrogen-bond donors (Lipinski definition) is 1. The molecule has 0 heterocycles. The number of ketones is 1. The third-order valence-corrected chi connectivity index (χ3v) is 2.52. The summed E-state index contributed by atoms with van der Waals surface area (Å²) < 4.78 is 0. The van der Waals surface area contributed by atoms with Crippen molar-refractivity contribution in [1.82, 2.24) is 0 Å². The van der Waals surface area contributed by atoms with E-state index in [1.807, 2.05) is 20.8 Å². The van der Waals surface area contributed by atoms with Crippen LogP contribution in [-0.2, 0) is 4.79 Å². The lowest BCUT2D eigenvalue weighted by Crippen LogP contribution is -2.17. The zero-order valence-electron chi connectivity index (χ0n) is 8.35. The second kappa shape index (κ2) is 4.29. The second-order valence-electron chi connectivity index (χ2n) is 3.41. The van der Waals surface area contributed by atoms with Crippen molar-refractivity contribution in [2.75, 3.05) is 0 Å². The van der Waals surface area contributed by atoms with Crippen LogP contribution in [0, 0.1) is 5.41 Å². The van der Waals surface area contributed by atoms with Gasteiger partial charge in [0.05, 0.1) is 0 Å². The molecule has 0 aliphatic rings. The number of aliphatic hydroxyl groups excluding tert-OH is 1. The molecule has 0 atom stereocenters. The number of aliphatic hydroxyl groups is 1. The molecular formula is C10H18O2. The summed E-state index contributed by atoms with van der Waals surface area (Å²) in [6, 6.07) is 0. The van der Waals surface area contributed by atoms with Crippen molar-refractivity contribution in [1.29, 1.82) is 0 Å². The van der Waals surface area contributed by atoms with Crippen LogP contribution in [0.25, 0.3) is 0 Å². The summed E-state index contributed by atoms with van der Waals surface area (Å²) in [5.41, 5.74) is -0.230. The highest BCUT2D eigenvalue weighted by atomic mass is 16.3. The fourth-order valence-corrected chi connectivity index (χ4v) is 0.979. The molecule has 12 heavy (non-hydrogen) atoms. The van der Waals surface area contributed by atoms with Crippen molar-refractivity contribution >= 4 is 5.78 Å². The topological polar surface area (TPSA) is 37.3 Å². The molecule has 0 saturated heterocycles. The van der Waals surface area contributed by atoms with Gasteiger partial charge < -0.3 is 5.11 Å². The second-order valence-corrected chi connectivity index (χ2v) is 3.41. The molecule has 0 saturated carbocycles. The largest absolute Gasteiger partial charge is 0.512 e. The first-order chi connectivity index (χ1) is 5.46. The zero-order chi connectivity index (χ0) is 9.78. The molecule has 0 unspecified atom stereocenters. The van der Waals surface area contributed by atoms with Gasteiger partial charge in [0.15, 0.2) is 5.78 Å². The first kappa shape index (κ1) is 11.2. The Morgan fingerprint density at radius 1 is 1.42 bits per heavy atom. The normalized spacial score (nSPS) is 13.2. The van der Waals surface area contributed by atoms with E-state index < -0.39 is 0 Å². The van der Waals surface area contributed by atoms with E-state index in [1.165, 1.54) is 13.0 Å². The quantitative estimate of drug-likeness (QED) is 0.520. The maximum absolute atomic E-state index is 10.7. The van der Waals surface area contributed by atoms with Gasteiger partial charge in [0.2, 0.25) is 0 Å². The molecule has 0 radical (unpaired) electrons. The number of carbonyl (C=O) groups is 1.